The van der Waals surface area contributed by atoms with Crippen molar-refractivity contribution in [1.82, 2.24) is 15.1 Å². The van der Waals surface area contributed by atoms with E-state index in [-0.39, 0.29) is 11.5 Å². The monoisotopic (exact) mass is 335 g/mol. The summed E-state index contributed by atoms with van der Waals surface area (Å²) in [4.78, 5) is 23.4. The molecule has 3 rings (SSSR count). The molecule has 1 amide bonds. The minimum Gasteiger partial charge on any atom is -0.478 e. The molecule has 0 fully saturated rings. The van der Waals surface area contributed by atoms with Crippen LogP contribution in [0.3, 0.4) is 0 Å². The number of carboxylic acids is 1. The second-order valence-corrected chi connectivity index (χ2v) is 5.58. The van der Waals surface area contributed by atoms with Gasteiger partial charge >= 0.3 is 5.97 Å². The van der Waals surface area contributed by atoms with Gasteiger partial charge in [-0.05, 0) is 17.7 Å². The van der Waals surface area contributed by atoms with Crippen molar-refractivity contribution in [3.8, 4) is 11.3 Å². The van der Waals surface area contributed by atoms with Crippen molar-refractivity contribution in [3.05, 3.63) is 77.5 Å². The highest BCUT2D eigenvalue weighted by atomic mass is 16.4. The number of amides is 1. The van der Waals surface area contributed by atoms with Crippen LogP contribution in [0.25, 0.3) is 11.3 Å². The highest BCUT2D eigenvalue weighted by Gasteiger charge is 2.17. The summed E-state index contributed by atoms with van der Waals surface area (Å²) in [5, 5.41) is 15.9. The Morgan fingerprint density at radius 3 is 2.40 bits per heavy atom. The molecule has 2 aromatic carbocycles. The summed E-state index contributed by atoms with van der Waals surface area (Å²) in [6.07, 6.45) is 1.55. The van der Waals surface area contributed by atoms with E-state index < -0.39 is 5.97 Å². The third-order valence-corrected chi connectivity index (χ3v) is 3.88. The van der Waals surface area contributed by atoms with Crippen LogP contribution >= 0.6 is 0 Å². The molecule has 0 saturated carbocycles. The zero-order valence-electron chi connectivity index (χ0n) is 13.6. The topological polar surface area (TPSA) is 84.2 Å². The van der Waals surface area contributed by atoms with E-state index in [0.717, 1.165) is 16.8 Å². The van der Waals surface area contributed by atoms with Crippen molar-refractivity contribution < 1.29 is 14.7 Å². The number of hydrogen-bond acceptors (Lipinski definition) is 3. The summed E-state index contributed by atoms with van der Waals surface area (Å²) in [5.74, 6) is -1.20. The van der Waals surface area contributed by atoms with Crippen molar-refractivity contribution in [2.24, 2.45) is 7.05 Å². The Bertz CT molecular complexity index is 899. The van der Waals surface area contributed by atoms with Crippen LogP contribution in [-0.2, 0) is 13.6 Å². The molecule has 0 aliphatic rings. The Labute approximate surface area is 144 Å². The number of aromatic carboxylic acids is 1. The van der Waals surface area contributed by atoms with Crippen LogP contribution in [0.1, 0.15) is 26.3 Å². The van der Waals surface area contributed by atoms with E-state index in [0.29, 0.717) is 12.1 Å². The van der Waals surface area contributed by atoms with Gasteiger partial charge in [0.25, 0.3) is 5.91 Å². The van der Waals surface area contributed by atoms with Gasteiger partial charge in [-0.3, -0.25) is 9.48 Å². The summed E-state index contributed by atoms with van der Waals surface area (Å²) in [5.41, 5.74) is 3.20. The molecule has 25 heavy (non-hydrogen) atoms. The Morgan fingerprint density at radius 1 is 1.08 bits per heavy atom. The molecule has 0 radical (unpaired) electrons. The van der Waals surface area contributed by atoms with Gasteiger partial charge < -0.3 is 10.4 Å². The second kappa shape index (κ2) is 7.00. The summed E-state index contributed by atoms with van der Waals surface area (Å²) >= 11 is 0. The molecule has 0 atom stereocenters. The summed E-state index contributed by atoms with van der Waals surface area (Å²) in [6.45, 7) is 0.307. The summed E-state index contributed by atoms with van der Waals surface area (Å²) < 4.78 is 1.67. The van der Waals surface area contributed by atoms with Gasteiger partial charge in [0.05, 0.1) is 23.0 Å². The fourth-order valence-corrected chi connectivity index (χ4v) is 2.58. The van der Waals surface area contributed by atoms with Gasteiger partial charge in [0.15, 0.2) is 0 Å². The number of carboxylic acid groups (broad SMARTS) is 1. The lowest BCUT2D eigenvalue weighted by molar-refractivity contribution is 0.0696. The standard InChI is InChI=1S/C19H17N3O3/c1-22-17(14-5-3-2-4-6-14)16(12-21-22)18(23)20-11-13-7-9-15(10-8-13)19(24)25/h2-10,12H,11H2,1H3,(H,20,23)(H,24,25). The lowest BCUT2D eigenvalue weighted by atomic mass is 10.1. The molecule has 1 heterocycles. The molecule has 6 heteroatoms. The lowest BCUT2D eigenvalue weighted by Crippen LogP contribution is -2.23. The first-order valence-electron chi connectivity index (χ1n) is 7.74. The minimum atomic E-state index is -0.974. The molecule has 126 valence electrons. The Kier molecular flexibility index (Phi) is 4.61. The van der Waals surface area contributed by atoms with Crippen LogP contribution in [0, 0.1) is 0 Å². The molecule has 0 aliphatic heterocycles. The highest BCUT2D eigenvalue weighted by molar-refractivity contribution is 5.99. The molecule has 0 bridgehead atoms. The number of rotatable bonds is 5. The number of benzene rings is 2. The average Bonchev–Trinajstić information content (AvgIpc) is 3.02. The van der Waals surface area contributed by atoms with Crippen molar-refractivity contribution in [1.29, 1.82) is 0 Å². The van der Waals surface area contributed by atoms with Crippen LogP contribution in [0.5, 0.6) is 0 Å². The van der Waals surface area contributed by atoms with E-state index >= 15 is 0 Å². The molecule has 0 saturated heterocycles. The molecule has 0 spiro atoms. The van der Waals surface area contributed by atoms with Crippen LogP contribution in [0.15, 0.2) is 60.8 Å². The Balaban J connectivity index is 1.75. The predicted octanol–water partition coefficient (Wildman–Crippen LogP) is 2.72. The number of hydrogen-bond donors (Lipinski definition) is 2. The Hall–Kier alpha value is -3.41. The van der Waals surface area contributed by atoms with Crippen molar-refractivity contribution in [3.63, 3.8) is 0 Å². The van der Waals surface area contributed by atoms with Crippen molar-refractivity contribution in [2.75, 3.05) is 0 Å². The van der Waals surface area contributed by atoms with Crippen LogP contribution in [0.4, 0.5) is 0 Å². The smallest absolute Gasteiger partial charge is 0.335 e. The van der Waals surface area contributed by atoms with Gasteiger partial charge in [-0.1, -0.05) is 42.5 Å². The van der Waals surface area contributed by atoms with E-state index in [1.807, 2.05) is 30.3 Å². The maximum absolute atomic E-state index is 12.5. The van der Waals surface area contributed by atoms with E-state index in [1.54, 1.807) is 30.1 Å². The number of nitrogens with zero attached hydrogens (tertiary/aromatic N) is 2. The number of carbonyl (C=O) groups excluding carboxylic acids is 1. The first-order chi connectivity index (χ1) is 12.1. The number of nitrogens with one attached hydrogen (secondary N) is 1. The Morgan fingerprint density at radius 2 is 1.76 bits per heavy atom. The first-order valence-corrected chi connectivity index (χ1v) is 7.74. The fourth-order valence-electron chi connectivity index (χ4n) is 2.58. The van der Waals surface area contributed by atoms with E-state index in [9.17, 15) is 9.59 Å². The van der Waals surface area contributed by atoms with E-state index in [2.05, 4.69) is 10.4 Å². The number of aryl methyl sites for hydroxylation is 1. The van der Waals surface area contributed by atoms with Crippen LogP contribution in [0.2, 0.25) is 0 Å². The third kappa shape index (κ3) is 3.58. The molecule has 3 aromatic rings. The maximum Gasteiger partial charge on any atom is 0.335 e. The van der Waals surface area contributed by atoms with Gasteiger partial charge in [-0.2, -0.15) is 5.10 Å². The number of aromatic nitrogens is 2. The summed E-state index contributed by atoms with van der Waals surface area (Å²) in [7, 11) is 1.80. The second-order valence-electron chi connectivity index (χ2n) is 5.58. The zero-order valence-corrected chi connectivity index (χ0v) is 13.6. The molecular formula is C19H17N3O3. The van der Waals surface area contributed by atoms with Gasteiger partial charge in [-0.15, -0.1) is 0 Å². The molecule has 2 N–H and O–H groups in total. The maximum atomic E-state index is 12.5. The average molecular weight is 335 g/mol. The normalized spacial score (nSPS) is 10.4. The number of carbonyl (C=O) groups is 2. The fraction of sp³-hybridized carbons (Fsp3) is 0.105. The van der Waals surface area contributed by atoms with Gasteiger partial charge in [0.1, 0.15) is 0 Å². The molecular weight excluding hydrogens is 318 g/mol. The van der Waals surface area contributed by atoms with Crippen LogP contribution < -0.4 is 5.32 Å². The molecule has 1 aromatic heterocycles. The van der Waals surface area contributed by atoms with E-state index in [4.69, 9.17) is 5.11 Å². The minimum absolute atomic E-state index is 0.216. The molecule has 0 aliphatic carbocycles. The van der Waals surface area contributed by atoms with Gasteiger partial charge in [-0.25, -0.2) is 4.79 Å². The lowest BCUT2D eigenvalue weighted by Gasteiger charge is -2.08. The quantitative estimate of drug-likeness (QED) is 0.751. The largest absolute Gasteiger partial charge is 0.478 e. The molecule has 6 nitrogen and oxygen atoms in total. The van der Waals surface area contributed by atoms with E-state index in [1.165, 1.54) is 12.1 Å². The van der Waals surface area contributed by atoms with Gasteiger partial charge in [0, 0.05) is 19.2 Å². The van der Waals surface area contributed by atoms with Gasteiger partial charge in [0.2, 0.25) is 0 Å². The predicted molar refractivity (Wildman–Crippen MR) is 93.2 cm³/mol. The van der Waals surface area contributed by atoms with Crippen molar-refractivity contribution in [2.45, 2.75) is 6.54 Å². The van der Waals surface area contributed by atoms with Crippen LogP contribution in [-0.4, -0.2) is 26.8 Å². The zero-order chi connectivity index (χ0) is 17.8. The highest BCUT2D eigenvalue weighted by Crippen LogP contribution is 2.22. The SMILES string of the molecule is Cn1ncc(C(=O)NCc2ccc(C(=O)O)cc2)c1-c1ccccc1. The van der Waals surface area contributed by atoms with Crippen molar-refractivity contribution >= 4 is 11.9 Å². The first kappa shape index (κ1) is 16.4. The summed E-state index contributed by atoms with van der Waals surface area (Å²) in [6, 6.07) is 16.0. The third-order valence-electron chi connectivity index (χ3n) is 3.88. The molecule has 0 unspecified atom stereocenters.